The Morgan fingerprint density at radius 1 is 1.06 bits per heavy atom. The van der Waals surface area contributed by atoms with Crippen LogP contribution in [-0.4, -0.2) is 56.3 Å². The highest BCUT2D eigenvalue weighted by atomic mass is 32.2. The van der Waals surface area contributed by atoms with Gasteiger partial charge in [-0.15, -0.1) is 0 Å². The lowest BCUT2D eigenvalue weighted by Crippen LogP contribution is -2.55. The van der Waals surface area contributed by atoms with Gasteiger partial charge in [0.1, 0.15) is 11.8 Å². The minimum absolute atomic E-state index is 0.00375. The molecule has 1 fully saturated rings. The Kier molecular flexibility index (Phi) is 7.13. The van der Waals surface area contributed by atoms with Gasteiger partial charge >= 0.3 is 5.97 Å². The number of carbonyl (C=O) groups is 3. The lowest BCUT2D eigenvalue weighted by atomic mass is 10.00. The van der Waals surface area contributed by atoms with E-state index < -0.39 is 39.4 Å². The molecule has 1 aliphatic heterocycles. The molecule has 10 heteroatoms. The van der Waals surface area contributed by atoms with Gasteiger partial charge in [0.15, 0.2) is 0 Å². The van der Waals surface area contributed by atoms with Crippen molar-refractivity contribution in [2.75, 3.05) is 19.1 Å². The van der Waals surface area contributed by atoms with Crippen LogP contribution in [0.4, 0.5) is 5.69 Å². The summed E-state index contributed by atoms with van der Waals surface area (Å²) in [6, 6.07) is 10.5. The van der Waals surface area contributed by atoms with Crippen LogP contribution >= 0.6 is 0 Å². The van der Waals surface area contributed by atoms with Gasteiger partial charge in [0.25, 0.3) is 5.91 Å². The zero-order valence-corrected chi connectivity index (χ0v) is 20.6. The maximum Gasteiger partial charge on any atom is 0.337 e. The Balaban J connectivity index is 2.02. The fourth-order valence-electron chi connectivity index (χ4n) is 3.87. The van der Waals surface area contributed by atoms with E-state index in [1.54, 1.807) is 13.8 Å². The first-order valence-electron chi connectivity index (χ1n) is 10.7. The van der Waals surface area contributed by atoms with E-state index >= 15 is 0 Å². The molecule has 3 rings (SSSR count). The van der Waals surface area contributed by atoms with E-state index in [4.69, 9.17) is 4.74 Å². The average molecular weight is 489 g/mol. The van der Waals surface area contributed by atoms with Gasteiger partial charge in [-0.2, -0.15) is 4.31 Å². The number of anilines is 1. The predicted octanol–water partition coefficient (Wildman–Crippen LogP) is 2.99. The lowest BCUT2D eigenvalue weighted by Gasteiger charge is -2.39. The molecule has 1 aliphatic rings. The maximum atomic E-state index is 13.7. The summed E-state index contributed by atoms with van der Waals surface area (Å²) in [5.41, 5.74) is -0.441. The zero-order valence-electron chi connectivity index (χ0n) is 19.8. The SMILES string of the molecule is CCC(C)(C)N(C1CC(=O)N(c2ccc(C(=O)OC)cc2)C1=O)S(=O)(=O)c1ccc(OC)cc1. The first-order valence-corrected chi connectivity index (χ1v) is 12.2. The molecule has 0 spiro atoms. The number of amides is 2. The van der Waals surface area contributed by atoms with Crippen LogP contribution in [0.25, 0.3) is 0 Å². The fraction of sp³-hybridized carbons (Fsp3) is 0.375. The number of imide groups is 1. The molecule has 0 aromatic heterocycles. The number of carbonyl (C=O) groups excluding carboxylic acids is 3. The topological polar surface area (TPSA) is 110 Å². The van der Waals surface area contributed by atoms with Crippen molar-refractivity contribution < 1.29 is 32.3 Å². The third-order valence-electron chi connectivity index (χ3n) is 6.03. The van der Waals surface area contributed by atoms with Crippen molar-refractivity contribution in [2.24, 2.45) is 0 Å². The maximum absolute atomic E-state index is 13.7. The number of rotatable bonds is 8. The molecule has 9 nitrogen and oxygen atoms in total. The number of methoxy groups -OCH3 is 2. The van der Waals surface area contributed by atoms with Crippen molar-refractivity contribution in [3.63, 3.8) is 0 Å². The van der Waals surface area contributed by atoms with Crippen LogP contribution in [0.2, 0.25) is 0 Å². The summed E-state index contributed by atoms with van der Waals surface area (Å²) < 4.78 is 38.4. The molecule has 34 heavy (non-hydrogen) atoms. The molecule has 0 aliphatic carbocycles. The molecule has 0 N–H and O–H groups in total. The number of hydrogen-bond acceptors (Lipinski definition) is 7. The van der Waals surface area contributed by atoms with E-state index in [1.807, 2.05) is 6.92 Å². The number of benzene rings is 2. The molecule has 2 aromatic carbocycles. The fourth-order valence-corrected chi connectivity index (χ4v) is 5.85. The number of ether oxygens (including phenoxy) is 2. The van der Waals surface area contributed by atoms with E-state index in [9.17, 15) is 22.8 Å². The van der Waals surface area contributed by atoms with Crippen molar-refractivity contribution in [2.45, 2.75) is 50.1 Å². The minimum atomic E-state index is -4.15. The monoisotopic (exact) mass is 488 g/mol. The summed E-state index contributed by atoms with van der Waals surface area (Å²) in [5, 5.41) is 0. The number of sulfonamides is 1. The van der Waals surface area contributed by atoms with Crippen molar-refractivity contribution >= 4 is 33.5 Å². The van der Waals surface area contributed by atoms with Gasteiger partial charge in [-0.05, 0) is 68.8 Å². The van der Waals surface area contributed by atoms with Gasteiger partial charge in [0, 0.05) is 5.54 Å². The summed E-state index contributed by atoms with van der Waals surface area (Å²) in [7, 11) is -1.42. The largest absolute Gasteiger partial charge is 0.497 e. The van der Waals surface area contributed by atoms with E-state index in [0.29, 0.717) is 12.2 Å². The predicted molar refractivity (Wildman–Crippen MR) is 125 cm³/mol. The smallest absolute Gasteiger partial charge is 0.337 e. The van der Waals surface area contributed by atoms with E-state index in [-0.39, 0.29) is 22.6 Å². The quantitative estimate of drug-likeness (QED) is 0.415. The first kappa shape index (κ1) is 25.4. The second-order valence-electron chi connectivity index (χ2n) is 8.47. The van der Waals surface area contributed by atoms with Gasteiger partial charge in [-0.25, -0.2) is 18.1 Å². The lowest BCUT2D eigenvalue weighted by molar-refractivity contribution is -0.122. The molecule has 1 heterocycles. The van der Waals surface area contributed by atoms with E-state index in [2.05, 4.69) is 4.74 Å². The normalized spacial score (nSPS) is 16.8. The second kappa shape index (κ2) is 9.55. The van der Waals surface area contributed by atoms with Gasteiger partial charge < -0.3 is 9.47 Å². The van der Waals surface area contributed by atoms with E-state index in [1.165, 1.54) is 62.8 Å². The highest BCUT2D eigenvalue weighted by Crippen LogP contribution is 2.36. The summed E-state index contributed by atoms with van der Waals surface area (Å²) >= 11 is 0. The van der Waals surface area contributed by atoms with Crippen LogP contribution in [0.1, 0.15) is 44.0 Å². The van der Waals surface area contributed by atoms with Crippen LogP contribution in [0.3, 0.4) is 0 Å². The standard InChI is InChI=1S/C24H28N2O7S/c1-6-24(2,3)26(34(30,31)19-13-11-18(32-4)12-14-19)20-15-21(27)25(22(20)28)17-9-7-16(8-10-17)23(29)33-5/h7-14,20H,6,15H2,1-5H3. The number of nitrogens with zero attached hydrogens (tertiary/aromatic N) is 2. The van der Waals surface area contributed by atoms with Crippen molar-refractivity contribution in [1.82, 2.24) is 4.31 Å². The molecular weight excluding hydrogens is 460 g/mol. The highest BCUT2D eigenvalue weighted by molar-refractivity contribution is 7.89. The van der Waals surface area contributed by atoms with Crippen molar-refractivity contribution in [3.05, 3.63) is 54.1 Å². The summed E-state index contributed by atoms with van der Waals surface area (Å²) in [6.45, 7) is 5.26. The van der Waals surface area contributed by atoms with Crippen molar-refractivity contribution in [3.8, 4) is 5.75 Å². The third-order valence-corrected chi connectivity index (χ3v) is 8.17. The second-order valence-corrected chi connectivity index (χ2v) is 10.3. The van der Waals surface area contributed by atoms with Crippen LogP contribution in [-0.2, 0) is 24.3 Å². The summed E-state index contributed by atoms with van der Waals surface area (Å²) in [5.74, 6) is -1.23. The zero-order chi connectivity index (χ0) is 25.3. The third kappa shape index (κ3) is 4.55. The molecule has 0 radical (unpaired) electrons. The average Bonchev–Trinajstić information content (AvgIpc) is 3.11. The summed E-state index contributed by atoms with van der Waals surface area (Å²) in [4.78, 5) is 39.0. The van der Waals surface area contributed by atoms with Crippen LogP contribution in [0.15, 0.2) is 53.4 Å². The van der Waals surface area contributed by atoms with E-state index in [0.717, 1.165) is 9.21 Å². The molecule has 1 saturated heterocycles. The van der Waals surface area contributed by atoms with Gasteiger partial charge in [-0.1, -0.05) is 6.92 Å². The van der Waals surface area contributed by atoms with Crippen LogP contribution in [0.5, 0.6) is 5.75 Å². The van der Waals surface area contributed by atoms with Crippen LogP contribution in [0, 0.1) is 0 Å². The Hall–Kier alpha value is -3.24. The summed E-state index contributed by atoms with van der Waals surface area (Å²) in [6.07, 6.45) is 0.116. The Morgan fingerprint density at radius 3 is 2.15 bits per heavy atom. The highest BCUT2D eigenvalue weighted by Gasteiger charge is 2.51. The Bertz CT molecular complexity index is 1190. The number of hydrogen-bond donors (Lipinski definition) is 0. The van der Waals surface area contributed by atoms with Crippen LogP contribution < -0.4 is 9.64 Å². The molecule has 1 atom stereocenters. The Morgan fingerprint density at radius 2 is 1.65 bits per heavy atom. The first-order chi connectivity index (χ1) is 16.0. The van der Waals surface area contributed by atoms with Gasteiger partial charge in [0.2, 0.25) is 15.9 Å². The molecular formula is C24H28N2O7S. The van der Waals surface area contributed by atoms with Crippen molar-refractivity contribution in [1.29, 1.82) is 0 Å². The number of esters is 1. The molecule has 2 aromatic rings. The molecule has 0 saturated carbocycles. The molecule has 182 valence electrons. The minimum Gasteiger partial charge on any atom is -0.497 e. The van der Waals surface area contributed by atoms with Gasteiger partial charge in [0.05, 0.1) is 36.8 Å². The molecule has 1 unspecified atom stereocenters. The Labute approximate surface area is 199 Å². The molecule has 0 bridgehead atoms. The van der Waals surface area contributed by atoms with Gasteiger partial charge in [-0.3, -0.25) is 9.59 Å². The molecule has 2 amide bonds.